The van der Waals surface area contributed by atoms with Crippen LogP contribution in [0.15, 0.2) is 46.9 Å². The molecule has 1 N–H and O–H groups in total. The first-order valence-electron chi connectivity index (χ1n) is 7.38. The van der Waals surface area contributed by atoms with Crippen LogP contribution in [0.3, 0.4) is 0 Å². The fraction of sp³-hybridized carbons (Fsp3) is 0.294. The second kappa shape index (κ2) is 6.15. The lowest BCUT2D eigenvalue weighted by atomic mass is 10.2. The Bertz CT molecular complexity index is 745. The molecule has 0 bridgehead atoms. The highest BCUT2D eigenvalue weighted by Gasteiger charge is 2.13. The van der Waals surface area contributed by atoms with E-state index in [-0.39, 0.29) is 6.04 Å². The van der Waals surface area contributed by atoms with Gasteiger partial charge in [0.2, 0.25) is 0 Å². The fourth-order valence-corrected chi connectivity index (χ4v) is 2.39. The molecule has 1 unspecified atom stereocenters. The number of aryl methyl sites for hydroxylation is 1. The van der Waals surface area contributed by atoms with Crippen LogP contribution in [0, 0.1) is 6.92 Å². The molecular weight excluding hydrogens is 276 g/mol. The predicted octanol–water partition coefficient (Wildman–Crippen LogP) is 3.23. The van der Waals surface area contributed by atoms with Crippen molar-refractivity contribution in [1.82, 2.24) is 20.1 Å². The van der Waals surface area contributed by atoms with Crippen molar-refractivity contribution in [2.75, 3.05) is 0 Å². The first kappa shape index (κ1) is 14.5. The van der Waals surface area contributed by atoms with E-state index in [2.05, 4.69) is 22.4 Å². The summed E-state index contributed by atoms with van der Waals surface area (Å²) >= 11 is 0. The Labute approximate surface area is 130 Å². The van der Waals surface area contributed by atoms with E-state index < -0.39 is 0 Å². The van der Waals surface area contributed by atoms with Gasteiger partial charge in [-0.25, -0.2) is 0 Å². The summed E-state index contributed by atoms with van der Waals surface area (Å²) in [4.78, 5) is 0. The van der Waals surface area contributed by atoms with E-state index in [0.29, 0.717) is 6.54 Å². The molecule has 1 atom stereocenters. The summed E-state index contributed by atoms with van der Waals surface area (Å²) in [5.41, 5.74) is 1.07. The molecular formula is C17H20N4O. The van der Waals surface area contributed by atoms with Crippen molar-refractivity contribution in [3.8, 4) is 11.4 Å². The Morgan fingerprint density at radius 2 is 1.91 bits per heavy atom. The van der Waals surface area contributed by atoms with Crippen molar-refractivity contribution >= 4 is 0 Å². The van der Waals surface area contributed by atoms with Gasteiger partial charge in [-0.15, -0.1) is 10.2 Å². The third-order valence-electron chi connectivity index (χ3n) is 3.75. The zero-order valence-corrected chi connectivity index (χ0v) is 13.1. The van der Waals surface area contributed by atoms with E-state index in [4.69, 9.17) is 4.42 Å². The van der Waals surface area contributed by atoms with Gasteiger partial charge in [-0.1, -0.05) is 30.3 Å². The van der Waals surface area contributed by atoms with E-state index >= 15 is 0 Å². The van der Waals surface area contributed by atoms with Crippen molar-refractivity contribution in [1.29, 1.82) is 0 Å². The van der Waals surface area contributed by atoms with Gasteiger partial charge in [-0.3, -0.25) is 0 Å². The lowest BCUT2D eigenvalue weighted by Crippen LogP contribution is -2.20. The molecule has 3 rings (SSSR count). The van der Waals surface area contributed by atoms with Crippen LogP contribution >= 0.6 is 0 Å². The second-order valence-electron chi connectivity index (χ2n) is 5.42. The molecule has 5 heteroatoms. The summed E-state index contributed by atoms with van der Waals surface area (Å²) in [7, 11) is 1.99. The molecule has 0 saturated carbocycles. The lowest BCUT2D eigenvalue weighted by Gasteiger charge is -2.11. The summed E-state index contributed by atoms with van der Waals surface area (Å²) < 4.78 is 7.65. The Kier molecular flexibility index (Phi) is 4.06. The van der Waals surface area contributed by atoms with Crippen LogP contribution < -0.4 is 5.32 Å². The van der Waals surface area contributed by atoms with Gasteiger partial charge in [-0.05, 0) is 26.0 Å². The molecule has 0 amide bonds. The highest BCUT2D eigenvalue weighted by atomic mass is 16.3. The van der Waals surface area contributed by atoms with Crippen LogP contribution in [0.25, 0.3) is 11.4 Å². The lowest BCUT2D eigenvalue weighted by molar-refractivity contribution is 0.411. The molecule has 0 saturated heterocycles. The Hall–Kier alpha value is -2.40. The monoisotopic (exact) mass is 296 g/mol. The number of hydrogen-bond acceptors (Lipinski definition) is 4. The number of hydrogen-bond donors (Lipinski definition) is 1. The summed E-state index contributed by atoms with van der Waals surface area (Å²) in [6.07, 6.45) is 0. The Balaban J connectivity index is 1.70. The maximum Gasteiger partial charge on any atom is 0.163 e. The van der Waals surface area contributed by atoms with Crippen LogP contribution in [0.5, 0.6) is 0 Å². The van der Waals surface area contributed by atoms with Crippen LogP contribution in [-0.4, -0.2) is 14.8 Å². The van der Waals surface area contributed by atoms with Crippen molar-refractivity contribution in [3.63, 3.8) is 0 Å². The number of furan rings is 1. The van der Waals surface area contributed by atoms with Crippen LogP contribution in [0.4, 0.5) is 0 Å². The van der Waals surface area contributed by atoms with E-state index in [1.54, 1.807) is 0 Å². The molecule has 0 aliphatic rings. The molecule has 2 aromatic heterocycles. The maximum atomic E-state index is 5.63. The van der Waals surface area contributed by atoms with Crippen LogP contribution in [-0.2, 0) is 13.6 Å². The maximum absolute atomic E-state index is 5.63. The van der Waals surface area contributed by atoms with Gasteiger partial charge in [0, 0.05) is 12.6 Å². The van der Waals surface area contributed by atoms with Gasteiger partial charge in [0.25, 0.3) is 0 Å². The number of nitrogens with zero attached hydrogens (tertiary/aromatic N) is 3. The summed E-state index contributed by atoms with van der Waals surface area (Å²) in [5, 5.41) is 12.0. The normalized spacial score (nSPS) is 12.5. The molecule has 3 aromatic rings. The van der Waals surface area contributed by atoms with Gasteiger partial charge in [0.1, 0.15) is 17.3 Å². The summed E-state index contributed by atoms with van der Waals surface area (Å²) in [6, 6.07) is 14.2. The molecule has 114 valence electrons. The fourth-order valence-electron chi connectivity index (χ4n) is 2.39. The molecule has 0 aliphatic heterocycles. The molecule has 0 fully saturated rings. The van der Waals surface area contributed by atoms with E-state index in [1.165, 1.54) is 0 Å². The minimum Gasteiger partial charge on any atom is -0.465 e. The van der Waals surface area contributed by atoms with Crippen molar-refractivity contribution in [2.24, 2.45) is 7.05 Å². The molecule has 1 aromatic carbocycles. The second-order valence-corrected chi connectivity index (χ2v) is 5.42. The molecule has 0 aliphatic carbocycles. The Morgan fingerprint density at radius 1 is 1.14 bits per heavy atom. The average molecular weight is 296 g/mol. The number of nitrogens with one attached hydrogen (secondary N) is 1. The highest BCUT2D eigenvalue weighted by Crippen LogP contribution is 2.18. The molecule has 0 radical (unpaired) electrons. The van der Waals surface area contributed by atoms with Crippen LogP contribution in [0.2, 0.25) is 0 Å². The quantitative estimate of drug-likeness (QED) is 0.785. The van der Waals surface area contributed by atoms with Gasteiger partial charge in [0.05, 0.1) is 12.6 Å². The van der Waals surface area contributed by atoms with E-state index in [0.717, 1.165) is 28.7 Å². The molecule has 2 heterocycles. The summed E-state index contributed by atoms with van der Waals surface area (Å²) in [5.74, 6) is 3.63. The first-order chi connectivity index (χ1) is 10.6. The molecule has 22 heavy (non-hydrogen) atoms. The third kappa shape index (κ3) is 2.94. The van der Waals surface area contributed by atoms with Gasteiger partial charge in [0.15, 0.2) is 5.82 Å². The van der Waals surface area contributed by atoms with Gasteiger partial charge >= 0.3 is 0 Å². The predicted molar refractivity (Wildman–Crippen MR) is 85.1 cm³/mol. The van der Waals surface area contributed by atoms with Crippen molar-refractivity contribution in [3.05, 3.63) is 59.8 Å². The standard InChI is InChI=1S/C17H20N4O/c1-12-9-10-15(22-12)13(2)18-11-16-19-20-17(21(16)3)14-7-5-4-6-8-14/h4-10,13,18H,11H2,1-3H3. The minimum atomic E-state index is 0.130. The smallest absolute Gasteiger partial charge is 0.163 e. The average Bonchev–Trinajstić information content (AvgIpc) is 3.12. The largest absolute Gasteiger partial charge is 0.465 e. The number of benzene rings is 1. The van der Waals surface area contributed by atoms with Crippen LogP contribution in [0.1, 0.15) is 30.3 Å². The Morgan fingerprint density at radius 3 is 2.59 bits per heavy atom. The highest BCUT2D eigenvalue weighted by molar-refractivity contribution is 5.54. The first-order valence-corrected chi connectivity index (χ1v) is 7.38. The van der Waals surface area contributed by atoms with E-state index in [9.17, 15) is 0 Å². The SMILES string of the molecule is Cc1ccc(C(C)NCc2nnc(-c3ccccc3)n2C)o1. The zero-order chi connectivity index (χ0) is 15.5. The number of rotatable bonds is 5. The molecule has 5 nitrogen and oxygen atoms in total. The third-order valence-corrected chi connectivity index (χ3v) is 3.75. The van der Waals surface area contributed by atoms with E-state index in [1.807, 2.05) is 61.0 Å². The summed E-state index contributed by atoms with van der Waals surface area (Å²) in [6.45, 7) is 4.66. The topological polar surface area (TPSA) is 55.9 Å². The molecule has 0 spiro atoms. The van der Waals surface area contributed by atoms with Gasteiger partial charge in [-0.2, -0.15) is 0 Å². The number of aromatic nitrogens is 3. The van der Waals surface area contributed by atoms with Crippen molar-refractivity contribution < 1.29 is 4.42 Å². The zero-order valence-electron chi connectivity index (χ0n) is 13.1. The van der Waals surface area contributed by atoms with Crippen molar-refractivity contribution in [2.45, 2.75) is 26.4 Å². The minimum absolute atomic E-state index is 0.130. The van der Waals surface area contributed by atoms with Gasteiger partial charge < -0.3 is 14.3 Å².